The van der Waals surface area contributed by atoms with E-state index in [4.69, 9.17) is 14.5 Å². The first-order valence-corrected chi connectivity index (χ1v) is 10.9. The lowest BCUT2D eigenvalue weighted by Gasteiger charge is -2.44. The summed E-state index contributed by atoms with van der Waals surface area (Å²) in [7, 11) is 0. The third-order valence-electron chi connectivity index (χ3n) is 6.12. The van der Waals surface area contributed by atoms with Crippen LogP contribution < -0.4 is 4.90 Å². The topological polar surface area (TPSA) is 37.8 Å². The molecule has 5 heterocycles. The second-order valence-electron chi connectivity index (χ2n) is 7.77. The first-order valence-electron chi connectivity index (χ1n) is 10.0. The van der Waals surface area contributed by atoms with Crippen LogP contribution in [0.25, 0.3) is 0 Å². The van der Waals surface area contributed by atoms with Gasteiger partial charge in [-0.25, -0.2) is 4.98 Å². The Hall–Kier alpha value is -1.47. The van der Waals surface area contributed by atoms with Gasteiger partial charge in [0, 0.05) is 43.8 Å². The van der Waals surface area contributed by atoms with Crippen LogP contribution in [-0.4, -0.2) is 55.9 Å². The Labute approximate surface area is 164 Å². The van der Waals surface area contributed by atoms with Crippen LogP contribution in [0.5, 0.6) is 0 Å². The molecule has 0 bridgehead atoms. The zero-order valence-corrected chi connectivity index (χ0v) is 16.5. The van der Waals surface area contributed by atoms with Crippen LogP contribution in [0, 0.1) is 0 Å². The molecule has 2 saturated heterocycles. The van der Waals surface area contributed by atoms with Crippen molar-refractivity contribution in [2.24, 2.45) is 0 Å². The average Bonchev–Trinajstić information content (AvgIpc) is 3.21. The molecule has 144 valence electrons. The first kappa shape index (κ1) is 17.6. The summed E-state index contributed by atoms with van der Waals surface area (Å²) in [6.45, 7) is 7.55. The van der Waals surface area contributed by atoms with E-state index in [-0.39, 0.29) is 5.60 Å². The number of rotatable bonds is 3. The molecule has 2 aromatic heterocycles. The molecule has 2 fully saturated rings. The minimum Gasteiger partial charge on any atom is -0.379 e. The molecule has 0 N–H and O–H groups in total. The highest BCUT2D eigenvalue weighted by atomic mass is 32.1. The molecule has 0 amide bonds. The summed E-state index contributed by atoms with van der Waals surface area (Å²) < 4.78 is 11.8. The van der Waals surface area contributed by atoms with Crippen molar-refractivity contribution in [2.75, 3.05) is 50.9 Å². The summed E-state index contributed by atoms with van der Waals surface area (Å²) in [5.74, 6) is 1.10. The van der Waals surface area contributed by atoms with Crippen LogP contribution in [0.1, 0.15) is 28.8 Å². The maximum atomic E-state index is 6.33. The fourth-order valence-corrected chi connectivity index (χ4v) is 5.71. The lowest BCUT2D eigenvalue weighted by molar-refractivity contribution is -0.0735. The van der Waals surface area contributed by atoms with E-state index in [2.05, 4.69) is 33.4 Å². The molecule has 0 atom stereocenters. The highest BCUT2D eigenvalue weighted by Gasteiger charge is 2.41. The fraction of sp³-hybridized carbons (Fsp3) is 0.571. The molecule has 3 aliphatic heterocycles. The van der Waals surface area contributed by atoms with Crippen LogP contribution >= 0.6 is 11.3 Å². The number of anilines is 1. The van der Waals surface area contributed by atoms with E-state index in [0.717, 1.165) is 77.6 Å². The first-order chi connectivity index (χ1) is 13.3. The van der Waals surface area contributed by atoms with Gasteiger partial charge in [0.15, 0.2) is 0 Å². The van der Waals surface area contributed by atoms with Crippen molar-refractivity contribution in [1.82, 2.24) is 9.88 Å². The summed E-state index contributed by atoms with van der Waals surface area (Å²) in [4.78, 5) is 11.1. The lowest BCUT2D eigenvalue weighted by atomic mass is 9.85. The van der Waals surface area contributed by atoms with Gasteiger partial charge in [0.25, 0.3) is 0 Å². The van der Waals surface area contributed by atoms with Crippen molar-refractivity contribution in [1.29, 1.82) is 0 Å². The number of hydrogen-bond acceptors (Lipinski definition) is 6. The molecule has 6 heteroatoms. The molecular weight excluding hydrogens is 358 g/mol. The van der Waals surface area contributed by atoms with Crippen molar-refractivity contribution in [3.05, 3.63) is 45.8 Å². The number of hydrogen-bond donors (Lipinski definition) is 0. The summed E-state index contributed by atoms with van der Waals surface area (Å²) in [5.41, 5.74) is 2.74. The summed E-state index contributed by atoms with van der Waals surface area (Å²) >= 11 is 1.87. The van der Waals surface area contributed by atoms with E-state index >= 15 is 0 Å². The van der Waals surface area contributed by atoms with E-state index in [0.29, 0.717) is 0 Å². The number of fused-ring (bicyclic) bond motifs is 2. The van der Waals surface area contributed by atoms with Gasteiger partial charge in [0.2, 0.25) is 0 Å². The van der Waals surface area contributed by atoms with Crippen molar-refractivity contribution in [2.45, 2.75) is 31.4 Å². The van der Waals surface area contributed by atoms with E-state index in [1.807, 2.05) is 17.5 Å². The number of morpholine rings is 1. The van der Waals surface area contributed by atoms with Gasteiger partial charge in [-0.2, -0.15) is 0 Å². The van der Waals surface area contributed by atoms with Crippen LogP contribution in [0.4, 0.5) is 5.82 Å². The third kappa shape index (κ3) is 3.51. The van der Waals surface area contributed by atoms with Gasteiger partial charge in [0.05, 0.1) is 19.8 Å². The number of aromatic nitrogens is 1. The molecule has 0 aliphatic carbocycles. The van der Waals surface area contributed by atoms with Gasteiger partial charge in [-0.15, -0.1) is 11.3 Å². The molecule has 0 aromatic carbocycles. The monoisotopic (exact) mass is 385 g/mol. The molecule has 2 aromatic rings. The standard InChI is InChI=1S/C21H27N3O2S/c1-2-19(22-15-17(1)16-23-9-12-25-13-10-23)24-7-5-21(6-8-24)20-18(3-11-26-21)4-14-27-20/h1-2,4,14-15H,3,5-13,16H2. The SMILES string of the molecule is c1cc2c(s1)C1(CCN(c3ccc(CN4CCOCC4)cn3)CC1)OCC2. The molecular formula is C21H27N3O2S. The van der Waals surface area contributed by atoms with Crippen molar-refractivity contribution in [3.8, 4) is 0 Å². The van der Waals surface area contributed by atoms with Crippen molar-refractivity contribution < 1.29 is 9.47 Å². The maximum Gasteiger partial charge on any atom is 0.128 e. The Balaban J connectivity index is 1.23. The Morgan fingerprint density at radius 1 is 1.04 bits per heavy atom. The molecule has 3 aliphatic rings. The fourth-order valence-electron chi connectivity index (χ4n) is 4.54. The average molecular weight is 386 g/mol. The summed E-state index contributed by atoms with van der Waals surface area (Å²) in [6.07, 6.45) is 5.22. The van der Waals surface area contributed by atoms with Gasteiger partial charge in [-0.1, -0.05) is 6.07 Å². The predicted molar refractivity (Wildman–Crippen MR) is 107 cm³/mol. The highest BCUT2D eigenvalue weighted by Crippen LogP contribution is 2.44. The van der Waals surface area contributed by atoms with Crippen LogP contribution in [-0.2, 0) is 28.0 Å². The second kappa shape index (κ2) is 7.51. The number of piperidine rings is 1. The Bertz CT molecular complexity index is 762. The number of thiophene rings is 1. The second-order valence-corrected chi connectivity index (χ2v) is 8.68. The van der Waals surface area contributed by atoms with E-state index < -0.39 is 0 Å². The van der Waals surface area contributed by atoms with Crippen LogP contribution in [0.3, 0.4) is 0 Å². The highest BCUT2D eigenvalue weighted by molar-refractivity contribution is 7.10. The number of pyridine rings is 1. The Morgan fingerprint density at radius 3 is 2.67 bits per heavy atom. The van der Waals surface area contributed by atoms with Gasteiger partial charge < -0.3 is 14.4 Å². The molecule has 27 heavy (non-hydrogen) atoms. The maximum absolute atomic E-state index is 6.33. The minimum atomic E-state index is -0.0471. The molecule has 5 nitrogen and oxygen atoms in total. The molecule has 0 unspecified atom stereocenters. The minimum absolute atomic E-state index is 0.0471. The Kier molecular flexibility index (Phi) is 4.90. The smallest absolute Gasteiger partial charge is 0.128 e. The van der Waals surface area contributed by atoms with Crippen LogP contribution in [0.2, 0.25) is 0 Å². The number of nitrogens with zero attached hydrogens (tertiary/aromatic N) is 3. The van der Waals surface area contributed by atoms with Gasteiger partial charge >= 0.3 is 0 Å². The molecule has 1 spiro atoms. The molecule has 0 saturated carbocycles. The van der Waals surface area contributed by atoms with Gasteiger partial charge in [-0.05, 0) is 47.9 Å². The van der Waals surface area contributed by atoms with E-state index in [1.165, 1.54) is 16.0 Å². The van der Waals surface area contributed by atoms with Gasteiger partial charge in [-0.3, -0.25) is 4.90 Å². The molecule has 0 radical (unpaired) electrons. The zero-order chi connectivity index (χ0) is 18.1. The van der Waals surface area contributed by atoms with Crippen molar-refractivity contribution >= 4 is 17.2 Å². The largest absolute Gasteiger partial charge is 0.379 e. The van der Waals surface area contributed by atoms with Gasteiger partial charge in [0.1, 0.15) is 11.4 Å². The molecule has 5 rings (SSSR count). The number of ether oxygens (including phenoxy) is 2. The van der Waals surface area contributed by atoms with Crippen LogP contribution in [0.15, 0.2) is 29.8 Å². The summed E-state index contributed by atoms with van der Waals surface area (Å²) in [6, 6.07) is 6.70. The van der Waals surface area contributed by atoms with Crippen molar-refractivity contribution in [3.63, 3.8) is 0 Å². The zero-order valence-electron chi connectivity index (χ0n) is 15.7. The Morgan fingerprint density at radius 2 is 1.89 bits per heavy atom. The van der Waals surface area contributed by atoms with E-state index in [9.17, 15) is 0 Å². The predicted octanol–water partition coefficient (Wildman–Crippen LogP) is 3.04. The summed E-state index contributed by atoms with van der Waals surface area (Å²) in [5, 5.41) is 2.22. The van der Waals surface area contributed by atoms with E-state index in [1.54, 1.807) is 0 Å². The third-order valence-corrected chi connectivity index (χ3v) is 7.27. The quantitative estimate of drug-likeness (QED) is 0.812. The lowest BCUT2D eigenvalue weighted by Crippen LogP contribution is -2.46. The normalized spacial score (nSPS) is 22.7.